The minimum Gasteiger partial charge on any atom is -0.463 e. The topological polar surface area (TPSA) is 210 Å². The van der Waals surface area contributed by atoms with Crippen LogP contribution in [0.2, 0.25) is 0 Å². The highest BCUT2D eigenvalue weighted by molar-refractivity contribution is 5.87. The zero-order valence-electron chi connectivity index (χ0n) is 38.9. The van der Waals surface area contributed by atoms with Crippen molar-refractivity contribution < 1.29 is 76.3 Å². The Morgan fingerprint density at radius 1 is 0.583 bits per heavy atom. The van der Waals surface area contributed by atoms with Gasteiger partial charge in [-0.2, -0.15) is 0 Å². The standard InChI is InChI=1S/C12H20O4.2C11H18O4.C10H16O4/c1-6-11(2,3)10(14)16-8-9(13)15-7-12(8,4)5;1-5-10(2,3)8(12)15-11(4)6-7-14-9(11)13;1-5-7(2)9(12)15-8-10(13)14-6-11(8,3)4;1-4-7(2)8(11)14-10(3)5-6-13-9(10)12/h8H,6-7H2,1-5H3;5-7H2,1-4H3;7-8H,5-6H2,1-4H3;7H,4-6H2,1-3H3. The molecule has 16 heteroatoms. The molecule has 0 aliphatic carbocycles. The van der Waals surface area contributed by atoms with Gasteiger partial charge in [-0.15, -0.1) is 0 Å². The van der Waals surface area contributed by atoms with Crippen molar-refractivity contribution in [1.29, 1.82) is 0 Å². The van der Waals surface area contributed by atoms with E-state index in [0.29, 0.717) is 65.0 Å². The van der Waals surface area contributed by atoms with Gasteiger partial charge in [-0.3, -0.25) is 19.2 Å². The maximum atomic E-state index is 11.9. The lowest BCUT2D eigenvalue weighted by Gasteiger charge is -2.27. The third-order valence-corrected chi connectivity index (χ3v) is 11.5. The van der Waals surface area contributed by atoms with Crippen molar-refractivity contribution in [3.63, 3.8) is 0 Å². The Labute approximate surface area is 356 Å². The quantitative estimate of drug-likeness (QED) is 0.154. The lowest BCUT2D eigenvalue weighted by molar-refractivity contribution is -0.177. The molecule has 6 atom stereocenters. The summed E-state index contributed by atoms with van der Waals surface area (Å²) in [7, 11) is 0. The van der Waals surface area contributed by atoms with E-state index in [4.69, 9.17) is 37.9 Å². The molecular weight excluding hydrogens is 784 g/mol. The minimum absolute atomic E-state index is 0.166. The molecule has 0 aromatic heterocycles. The molecule has 0 saturated carbocycles. The predicted molar refractivity (Wildman–Crippen MR) is 216 cm³/mol. The second kappa shape index (κ2) is 21.5. The first-order valence-corrected chi connectivity index (χ1v) is 21.0. The summed E-state index contributed by atoms with van der Waals surface area (Å²) < 4.78 is 40.2. The first-order valence-electron chi connectivity index (χ1n) is 21.0. The van der Waals surface area contributed by atoms with E-state index in [1.54, 1.807) is 41.5 Å². The maximum absolute atomic E-state index is 11.9. The van der Waals surface area contributed by atoms with Gasteiger partial charge in [-0.25, -0.2) is 19.2 Å². The Hall–Kier alpha value is -4.24. The summed E-state index contributed by atoms with van der Waals surface area (Å²) in [4.78, 5) is 92.0. The Morgan fingerprint density at radius 3 is 1.28 bits per heavy atom. The summed E-state index contributed by atoms with van der Waals surface area (Å²) in [5.41, 5.74) is -4.09. The summed E-state index contributed by atoms with van der Waals surface area (Å²) >= 11 is 0. The molecule has 4 saturated heterocycles. The number of hydrogen-bond donors (Lipinski definition) is 0. The average Bonchev–Trinajstić information content (AvgIpc) is 3.86. The van der Waals surface area contributed by atoms with E-state index in [2.05, 4.69) is 0 Å². The van der Waals surface area contributed by atoms with Gasteiger partial charge >= 0.3 is 47.8 Å². The van der Waals surface area contributed by atoms with Crippen molar-refractivity contribution in [2.75, 3.05) is 26.4 Å². The van der Waals surface area contributed by atoms with Gasteiger partial charge in [-0.1, -0.05) is 69.2 Å². The first-order chi connectivity index (χ1) is 27.4. The molecule has 0 spiro atoms. The van der Waals surface area contributed by atoms with Crippen molar-refractivity contribution in [1.82, 2.24) is 0 Å². The highest BCUT2D eigenvalue weighted by Crippen LogP contribution is 2.35. The zero-order chi connectivity index (χ0) is 46.7. The number of rotatable bonds is 12. The largest absolute Gasteiger partial charge is 0.463 e. The minimum atomic E-state index is -1.08. The summed E-state index contributed by atoms with van der Waals surface area (Å²) in [6.07, 6.45) is 2.14. The molecule has 0 bridgehead atoms. The van der Waals surface area contributed by atoms with Crippen molar-refractivity contribution in [3.05, 3.63) is 0 Å². The van der Waals surface area contributed by atoms with Crippen molar-refractivity contribution in [2.45, 2.75) is 173 Å². The molecule has 4 fully saturated rings. The molecule has 4 aliphatic rings. The summed E-state index contributed by atoms with van der Waals surface area (Å²) in [6, 6.07) is 0. The highest BCUT2D eigenvalue weighted by Gasteiger charge is 2.49. The molecule has 0 amide bonds. The fraction of sp³-hybridized carbons (Fsp3) is 0.818. The number of carbonyl (C=O) groups excluding carboxylic acids is 8. The van der Waals surface area contributed by atoms with E-state index in [1.807, 2.05) is 69.2 Å². The molecule has 0 N–H and O–H groups in total. The van der Waals surface area contributed by atoms with E-state index in [0.717, 1.165) is 0 Å². The fourth-order valence-corrected chi connectivity index (χ4v) is 5.03. The third-order valence-electron chi connectivity index (χ3n) is 11.5. The molecule has 344 valence electrons. The van der Waals surface area contributed by atoms with E-state index in [1.165, 1.54) is 0 Å². The Balaban J connectivity index is 0.000000400. The van der Waals surface area contributed by atoms with Gasteiger partial charge in [0, 0.05) is 23.7 Å². The van der Waals surface area contributed by atoms with Crippen LogP contribution in [0.3, 0.4) is 0 Å². The molecule has 0 aromatic carbocycles. The molecule has 60 heavy (non-hydrogen) atoms. The number of carbonyl (C=O) groups is 8. The Kier molecular flexibility index (Phi) is 19.3. The SMILES string of the molecule is CCC(C)(C)C(=O)OC1(C)CCOC1=O.CCC(C)(C)C(=O)OC1C(=O)OCC1(C)C.CCC(C)C(=O)OC1(C)CCOC1=O.CCC(C)C(=O)OC1C(=O)OCC1(C)C. The van der Waals surface area contributed by atoms with Crippen LogP contribution in [0.4, 0.5) is 0 Å². The molecule has 4 heterocycles. The second-order valence-corrected chi connectivity index (χ2v) is 18.9. The fourth-order valence-electron chi connectivity index (χ4n) is 5.03. The molecule has 16 nitrogen and oxygen atoms in total. The summed E-state index contributed by atoms with van der Waals surface area (Å²) in [6.45, 7) is 30.3. The van der Waals surface area contributed by atoms with Crippen LogP contribution in [0.1, 0.15) is 149 Å². The molecule has 6 unspecified atom stereocenters. The van der Waals surface area contributed by atoms with Crippen molar-refractivity contribution >= 4 is 47.8 Å². The van der Waals surface area contributed by atoms with Gasteiger partial charge in [0.15, 0.2) is 0 Å². The van der Waals surface area contributed by atoms with Crippen molar-refractivity contribution in [3.8, 4) is 0 Å². The first kappa shape index (κ1) is 53.8. The molecule has 0 radical (unpaired) electrons. The van der Waals surface area contributed by atoms with Crippen molar-refractivity contribution in [2.24, 2.45) is 33.5 Å². The van der Waals surface area contributed by atoms with E-state index in [9.17, 15) is 38.4 Å². The molecule has 4 aliphatic heterocycles. The van der Waals surface area contributed by atoms with Gasteiger partial charge in [0.25, 0.3) is 0 Å². The van der Waals surface area contributed by atoms with Crippen LogP contribution in [-0.2, 0) is 76.3 Å². The molecular formula is C44H72O16. The van der Waals surface area contributed by atoms with Crippen LogP contribution < -0.4 is 0 Å². The smallest absolute Gasteiger partial charge is 0.350 e. The predicted octanol–water partition coefficient (Wildman–Crippen LogP) is 6.40. The van der Waals surface area contributed by atoms with Gasteiger partial charge in [0.05, 0.1) is 35.9 Å². The van der Waals surface area contributed by atoms with Gasteiger partial charge < -0.3 is 37.9 Å². The van der Waals surface area contributed by atoms with Gasteiger partial charge in [0.1, 0.15) is 13.2 Å². The number of hydrogen-bond acceptors (Lipinski definition) is 16. The maximum Gasteiger partial charge on any atom is 0.350 e. The normalized spacial score (nSPS) is 26.1. The third kappa shape index (κ3) is 14.5. The Bertz CT molecular complexity index is 1560. The second-order valence-electron chi connectivity index (χ2n) is 18.9. The monoisotopic (exact) mass is 856 g/mol. The van der Waals surface area contributed by atoms with Crippen LogP contribution in [0.25, 0.3) is 0 Å². The lowest BCUT2D eigenvalue weighted by atomic mass is 9.88. The number of cyclic esters (lactones) is 4. The number of ether oxygens (including phenoxy) is 8. The zero-order valence-corrected chi connectivity index (χ0v) is 38.9. The van der Waals surface area contributed by atoms with Gasteiger partial charge in [-0.05, 0) is 67.2 Å². The Morgan fingerprint density at radius 2 is 0.950 bits per heavy atom. The van der Waals surface area contributed by atoms with E-state index in [-0.39, 0.29) is 35.7 Å². The summed E-state index contributed by atoms with van der Waals surface area (Å²) in [5, 5.41) is 0. The number of esters is 8. The van der Waals surface area contributed by atoms with Crippen LogP contribution >= 0.6 is 0 Å². The average molecular weight is 857 g/mol. The van der Waals surface area contributed by atoms with Crippen LogP contribution in [-0.4, -0.2) is 97.6 Å². The molecule has 4 rings (SSSR count). The van der Waals surface area contributed by atoms with Crippen LogP contribution in [0.15, 0.2) is 0 Å². The van der Waals surface area contributed by atoms with Gasteiger partial charge in [0.2, 0.25) is 23.4 Å². The summed E-state index contributed by atoms with van der Waals surface area (Å²) in [5.74, 6) is -3.42. The lowest BCUT2D eigenvalue weighted by Crippen LogP contribution is -2.40. The van der Waals surface area contributed by atoms with E-state index >= 15 is 0 Å². The van der Waals surface area contributed by atoms with Crippen LogP contribution in [0.5, 0.6) is 0 Å². The molecule has 0 aromatic rings. The van der Waals surface area contributed by atoms with Crippen LogP contribution in [0, 0.1) is 33.5 Å². The van der Waals surface area contributed by atoms with E-state index < -0.39 is 68.9 Å². The highest BCUT2D eigenvalue weighted by atomic mass is 16.6.